The van der Waals surface area contributed by atoms with Gasteiger partial charge < -0.3 is 11.1 Å². The van der Waals surface area contributed by atoms with Crippen LogP contribution in [0, 0.1) is 5.92 Å². The van der Waals surface area contributed by atoms with Crippen molar-refractivity contribution >= 4 is 34.2 Å². The molecule has 128 valence electrons. The van der Waals surface area contributed by atoms with Crippen LogP contribution in [-0.2, 0) is 11.3 Å². The van der Waals surface area contributed by atoms with E-state index in [4.69, 9.17) is 5.73 Å². The van der Waals surface area contributed by atoms with Crippen LogP contribution in [0.25, 0.3) is 10.9 Å². The predicted molar refractivity (Wildman–Crippen MR) is 93.0 cm³/mol. The third-order valence-corrected chi connectivity index (χ3v) is 4.55. The van der Waals surface area contributed by atoms with Crippen molar-refractivity contribution in [1.82, 2.24) is 19.6 Å². The minimum absolute atomic E-state index is 0.0282. The van der Waals surface area contributed by atoms with Crippen molar-refractivity contribution in [2.75, 3.05) is 11.1 Å². The van der Waals surface area contributed by atoms with Gasteiger partial charge in [-0.3, -0.25) is 14.2 Å². The van der Waals surface area contributed by atoms with E-state index < -0.39 is 0 Å². The molecule has 0 atom stereocenters. The van der Waals surface area contributed by atoms with Crippen molar-refractivity contribution in [2.24, 2.45) is 5.92 Å². The predicted octanol–water partition coefficient (Wildman–Crippen LogP) is 1.89. The number of carbonyl (C=O) groups is 2. The van der Waals surface area contributed by atoms with Crippen LogP contribution in [0.15, 0.2) is 36.7 Å². The summed E-state index contributed by atoms with van der Waals surface area (Å²) in [5, 5.41) is 11.5. The lowest BCUT2D eigenvalue weighted by Crippen LogP contribution is -2.28. The second-order valence-electron chi connectivity index (χ2n) is 6.32. The molecule has 1 saturated carbocycles. The van der Waals surface area contributed by atoms with E-state index in [2.05, 4.69) is 15.6 Å². The summed E-state index contributed by atoms with van der Waals surface area (Å²) in [6, 6.07) is 7.24. The first-order valence-corrected chi connectivity index (χ1v) is 8.21. The molecule has 0 unspecified atom stereocenters. The average molecular weight is 338 g/mol. The third kappa shape index (κ3) is 2.98. The number of nitrogens with one attached hydrogen (secondary N) is 1. The van der Waals surface area contributed by atoms with E-state index in [0.717, 1.165) is 30.2 Å². The van der Waals surface area contributed by atoms with Gasteiger partial charge in [0.25, 0.3) is 5.91 Å². The molecular weight excluding hydrogens is 320 g/mol. The fraction of sp³-hybridized carbons (Fsp3) is 0.294. The van der Waals surface area contributed by atoms with Gasteiger partial charge in [-0.15, -0.1) is 5.10 Å². The lowest BCUT2D eigenvalue weighted by atomic mass is 9.85. The highest BCUT2D eigenvalue weighted by Crippen LogP contribution is 2.27. The molecule has 3 N–H and O–H groups in total. The Morgan fingerprint density at radius 3 is 2.88 bits per heavy atom. The van der Waals surface area contributed by atoms with Crippen LogP contribution >= 0.6 is 0 Å². The maximum absolute atomic E-state index is 12.5. The molecule has 0 saturated heterocycles. The van der Waals surface area contributed by atoms with Crippen molar-refractivity contribution in [3.8, 4) is 0 Å². The zero-order chi connectivity index (χ0) is 17.4. The minimum Gasteiger partial charge on any atom is -0.399 e. The highest BCUT2D eigenvalue weighted by Gasteiger charge is 2.25. The molecule has 3 aromatic rings. The maximum atomic E-state index is 12.5. The number of hydrogen-bond donors (Lipinski definition) is 2. The number of fused-ring (bicyclic) bond motifs is 1. The van der Waals surface area contributed by atoms with Crippen molar-refractivity contribution < 1.29 is 9.59 Å². The fourth-order valence-electron chi connectivity index (χ4n) is 2.92. The second kappa shape index (κ2) is 6.04. The molecule has 1 aromatic carbocycles. The summed E-state index contributed by atoms with van der Waals surface area (Å²) in [7, 11) is 0. The monoisotopic (exact) mass is 338 g/mol. The number of carbonyl (C=O) groups excluding carboxylic acids is 2. The molecular formula is C17H18N6O2. The SMILES string of the molecule is Nc1ccc2c(ccn2C(=O)Cn2cc(NC(=O)C3CCC3)nn2)c1. The van der Waals surface area contributed by atoms with Gasteiger partial charge in [-0.1, -0.05) is 11.6 Å². The largest absolute Gasteiger partial charge is 0.399 e. The zero-order valence-corrected chi connectivity index (χ0v) is 13.6. The van der Waals surface area contributed by atoms with Crippen molar-refractivity contribution in [3.63, 3.8) is 0 Å². The van der Waals surface area contributed by atoms with Crippen LogP contribution < -0.4 is 11.1 Å². The third-order valence-electron chi connectivity index (χ3n) is 4.55. The molecule has 0 bridgehead atoms. The first kappa shape index (κ1) is 15.4. The summed E-state index contributed by atoms with van der Waals surface area (Å²) in [5.74, 6) is 0.264. The number of benzene rings is 1. The number of amides is 1. The second-order valence-corrected chi connectivity index (χ2v) is 6.32. The molecule has 4 rings (SSSR count). The van der Waals surface area contributed by atoms with Crippen LogP contribution in [0.2, 0.25) is 0 Å². The highest BCUT2D eigenvalue weighted by atomic mass is 16.2. The Hall–Kier alpha value is -3.16. The number of nitrogen functional groups attached to an aromatic ring is 1. The number of anilines is 2. The van der Waals surface area contributed by atoms with Gasteiger partial charge in [0.1, 0.15) is 6.54 Å². The first-order chi connectivity index (χ1) is 12.1. The van der Waals surface area contributed by atoms with Crippen molar-refractivity contribution in [2.45, 2.75) is 25.8 Å². The standard InChI is InChI=1S/C17H18N6O2/c18-13-4-5-14-12(8-13)6-7-23(14)16(24)10-22-9-15(20-21-22)19-17(25)11-2-1-3-11/h4-9,11H,1-3,10,18H2,(H,19,25). The fourth-order valence-corrected chi connectivity index (χ4v) is 2.92. The van der Waals surface area contributed by atoms with Crippen LogP contribution in [0.3, 0.4) is 0 Å². The smallest absolute Gasteiger partial charge is 0.252 e. The topological polar surface area (TPSA) is 108 Å². The van der Waals surface area contributed by atoms with Crippen LogP contribution in [-0.4, -0.2) is 31.4 Å². The van der Waals surface area contributed by atoms with Gasteiger partial charge >= 0.3 is 0 Å². The number of rotatable bonds is 4. The van der Waals surface area contributed by atoms with E-state index in [0.29, 0.717) is 11.5 Å². The molecule has 8 nitrogen and oxygen atoms in total. The Morgan fingerprint density at radius 1 is 1.28 bits per heavy atom. The quantitative estimate of drug-likeness (QED) is 0.706. The molecule has 8 heteroatoms. The van der Waals surface area contributed by atoms with Gasteiger partial charge in [0, 0.05) is 23.2 Å². The Balaban J connectivity index is 1.46. The van der Waals surface area contributed by atoms with Gasteiger partial charge in [0.2, 0.25) is 5.91 Å². The highest BCUT2D eigenvalue weighted by molar-refractivity contribution is 5.94. The zero-order valence-electron chi connectivity index (χ0n) is 13.6. The van der Waals surface area contributed by atoms with E-state index in [1.165, 1.54) is 4.68 Å². The Morgan fingerprint density at radius 2 is 2.12 bits per heavy atom. The van der Waals surface area contributed by atoms with Gasteiger partial charge in [0.05, 0.1) is 11.7 Å². The summed E-state index contributed by atoms with van der Waals surface area (Å²) in [4.78, 5) is 24.4. The van der Waals surface area contributed by atoms with E-state index in [1.807, 2.05) is 18.2 Å². The number of hydrogen-bond acceptors (Lipinski definition) is 5. The first-order valence-electron chi connectivity index (χ1n) is 8.21. The van der Waals surface area contributed by atoms with Crippen molar-refractivity contribution in [1.29, 1.82) is 0 Å². The molecule has 2 heterocycles. The number of nitrogens with zero attached hydrogens (tertiary/aromatic N) is 4. The van der Waals surface area contributed by atoms with Crippen LogP contribution in [0.4, 0.5) is 11.5 Å². The average Bonchev–Trinajstić information content (AvgIpc) is 3.11. The molecule has 25 heavy (non-hydrogen) atoms. The molecule has 2 aromatic heterocycles. The lowest BCUT2D eigenvalue weighted by Gasteiger charge is -2.23. The van der Waals surface area contributed by atoms with Crippen LogP contribution in [0.1, 0.15) is 24.1 Å². The summed E-state index contributed by atoms with van der Waals surface area (Å²) in [5.41, 5.74) is 7.20. The Labute approximate surface area is 143 Å². The molecule has 0 aliphatic heterocycles. The summed E-state index contributed by atoms with van der Waals surface area (Å²) < 4.78 is 2.98. The minimum atomic E-state index is -0.151. The molecule has 0 spiro atoms. The van der Waals surface area contributed by atoms with Gasteiger partial charge in [-0.05, 0) is 37.1 Å². The van der Waals surface area contributed by atoms with Crippen LogP contribution in [0.5, 0.6) is 0 Å². The summed E-state index contributed by atoms with van der Waals surface area (Å²) in [6.45, 7) is 0.0282. The molecule has 1 aliphatic carbocycles. The molecule has 1 amide bonds. The Kier molecular flexibility index (Phi) is 3.72. The maximum Gasteiger partial charge on any atom is 0.252 e. The Bertz CT molecular complexity index is 953. The van der Waals surface area contributed by atoms with Crippen molar-refractivity contribution in [3.05, 3.63) is 36.7 Å². The molecule has 1 fully saturated rings. The molecule has 1 aliphatic rings. The van der Waals surface area contributed by atoms with Gasteiger partial charge in [-0.2, -0.15) is 0 Å². The number of aromatic nitrogens is 4. The van der Waals surface area contributed by atoms with E-state index in [-0.39, 0.29) is 24.3 Å². The number of nitrogens with two attached hydrogens (primary N) is 1. The van der Waals surface area contributed by atoms with E-state index in [9.17, 15) is 9.59 Å². The van der Waals surface area contributed by atoms with Gasteiger partial charge in [0.15, 0.2) is 5.82 Å². The van der Waals surface area contributed by atoms with Gasteiger partial charge in [-0.25, -0.2) is 4.68 Å². The van der Waals surface area contributed by atoms with E-state index in [1.54, 1.807) is 23.0 Å². The summed E-state index contributed by atoms with van der Waals surface area (Å²) >= 11 is 0. The van der Waals surface area contributed by atoms with E-state index >= 15 is 0 Å². The lowest BCUT2D eigenvalue weighted by molar-refractivity contribution is -0.122. The molecule has 0 radical (unpaired) electrons. The normalized spacial score (nSPS) is 14.4. The summed E-state index contributed by atoms with van der Waals surface area (Å²) in [6.07, 6.45) is 6.21.